The van der Waals surface area contributed by atoms with Crippen LogP contribution in [0, 0.1) is 5.82 Å². The number of H-pyrrole nitrogens is 1. The number of aromatic amines is 1. The predicted octanol–water partition coefficient (Wildman–Crippen LogP) is 5.49. The number of aromatic nitrogens is 2. The molecule has 0 saturated carbocycles. The van der Waals surface area contributed by atoms with Gasteiger partial charge in [-0.2, -0.15) is 5.10 Å². The second kappa shape index (κ2) is 8.29. The Balaban J connectivity index is 1.33. The molecule has 0 bridgehead atoms. The van der Waals surface area contributed by atoms with Crippen LogP contribution in [0.4, 0.5) is 4.39 Å². The van der Waals surface area contributed by atoms with Crippen molar-refractivity contribution in [3.63, 3.8) is 0 Å². The molecule has 5 aromatic rings. The van der Waals surface area contributed by atoms with Crippen LogP contribution in [0.3, 0.4) is 0 Å². The van der Waals surface area contributed by atoms with E-state index in [1.54, 1.807) is 41.7 Å². The number of amides is 1. The third-order valence-electron chi connectivity index (χ3n) is 5.06. The molecule has 7 heteroatoms. The molecule has 0 fully saturated rings. The number of hydroxylamine groups is 1. The van der Waals surface area contributed by atoms with Crippen LogP contribution >= 0.6 is 11.3 Å². The number of nitrogens with zero attached hydrogens (tertiary/aromatic N) is 1. The molecule has 3 aromatic carbocycles. The summed E-state index contributed by atoms with van der Waals surface area (Å²) >= 11 is 1.65. The van der Waals surface area contributed by atoms with Gasteiger partial charge in [-0.3, -0.25) is 14.7 Å². The molecule has 0 saturated heterocycles. The van der Waals surface area contributed by atoms with E-state index in [4.69, 9.17) is 4.84 Å². The molecular weight excluding hydrogens is 413 g/mol. The summed E-state index contributed by atoms with van der Waals surface area (Å²) in [6.45, 7) is 0.150. The van der Waals surface area contributed by atoms with Crippen LogP contribution in [0.1, 0.15) is 15.9 Å². The minimum absolute atomic E-state index is 0.150. The number of carbonyl (C=O) groups excluding carboxylic acids is 1. The van der Waals surface area contributed by atoms with Gasteiger partial charge in [-0.05, 0) is 47.3 Å². The quantitative estimate of drug-likeness (QED) is 0.276. The van der Waals surface area contributed by atoms with Gasteiger partial charge in [0.1, 0.15) is 11.5 Å². The highest BCUT2D eigenvalue weighted by molar-refractivity contribution is 7.22. The minimum Gasteiger partial charge on any atom is -0.277 e. The Labute approximate surface area is 181 Å². The van der Waals surface area contributed by atoms with Crippen molar-refractivity contribution < 1.29 is 14.0 Å². The topological polar surface area (TPSA) is 67.0 Å². The Morgan fingerprint density at radius 2 is 1.87 bits per heavy atom. The average Bonchev–Trinajstić information content (AvgIpc) is 3.40. The number of hydrogen-bond acceptors (Lipinski definition) is 4. The van der Waals surface area contributed by atoms with Gasteiger partial charge in [0.05, 0.1) is 17.0 Å². The van der Waals surface area contributed by atoms with Gasteiger partial charge in [0.15, 0.2) is 0 Å². The van der Waals surface area contributed by atoms with Gasteiger partial charge < -0.3 is 0 Å². The fraction of sp³-hybridized carbons (Fsp3) is 0.0833. The van der Waals surface area contributed by atoms with Gasteiger partial charge in [0.2, 0.25) is 0 Å². The van der Waals surface area contributed by atoms with Crippen molar-refractivity contribution in [3.05, 3.63) is 89.7 Å². The summed E-state index contributed by atoms with van der Waals surface area (Å²) in [6.07, 6.45) is 0.313. The van der Waals surface area contributed by atoms with Crippen molar-refractivity contribution in [2.24, 2.45) is 0 Å². The Morgan fingerprint density at radius 1 is 1.06 bits per heavy atom. The first-order valence-electron chi connectivity index (χ1n) is 9.82. The molecule has 1 amide bonds. The van der Waals surface area contributed by atoms with E-state index in [-0.39, 0.29) is 18.3 Å². The maximum absolute atomic E-state index is 14.6. The molecule has 0 aliphatic rings. The summed E-state index contributed by atoms with van der Waals surface area (Å²) in [6, 6.07) is 22.3. The van der Waals surface area contributed by atoms with Gasteiger partial charge >= 0.3 is 0 Å². The lowest BCUT2D eigenvalue weighted by Gasteiger charge is -2.07. The summed E-state index contributed by atoms with van der Waals surface area (Å²) in [5, 5.41) is 9.37. The number of carbonyl (C=O) groups is 1. The maximum Gasteiger partial charge on any atom is 0.274 e. The minimum atomic E-state index is -0.336. The third-order valence-corrected chi connectivity index (χ3v) is 6.19. The Kier molecular flexibility index (Phi) is 5.19. The lowest BCUT2D eigenvalue weighted by Crippen LogP contribution is -2.24. The number of nitrogens with one attached hydrogen (secondary N) is 2. The molecular formula is C24H18FN3O2S. The number of hydrogen-bond donors (Lipinski definition) is 2. The number of benzene rings is 3. The van der Waals surface area contributed by atoms with Crippen molar-refractivity contribution >= 4 is 38.2 Å². The first-order valence-corrected chi connectivity index (χ1v) is 10.6. The fourth-order valence-corrected chi connectivity index (χ4v) is 4.55. The molecule has 0 aliphatic carbocycles. The van der Waals surface area contributed by atoms with Crippen LogP contribution in [-0.2, 0) is 11.3 Å². The predicted molar refractivity (Wildman–Crippen MR) is 120 cm³/mol. The number of halogens is 1. The van der Waals surface area contributed by atoms with E-state index in [9.17, 15) is 9.18 Å². The van der Waals surface area contributed by atoms with Gasteiger partial charge in [-0.15, -0.1) is 11.3 Å². The van der Waals surface area contributed by atoms with E-state index in [0.717, 1.165) is 21.3 Å². The zero-order valence-electron chi connectivity index (χ0n) is 16.4. The van der Waals surface area contributed by atoms with Crippen LogP contribution in [0.2, 0.25) is 0 Å². The van der Waals surface area contributed by atoms with Crippen molar-refractivity contribution in [1.29, 1.82) is 0 Å². The lowest BCUT2D eigenvalue weighted by molar-refractivity contribution is 0.0322. The van der Waals surface area contributed by atoms with Gasteiger partial charge in [0.25, 0.3) is 5.91 Å². The van der Waals surface area contributed by atoms with E-state index >= 15 is 0 Å². The van der Waals surface area contributed by atoms with E-state index in [1.165, 1.54) is 10.8 Å². The van der Waals surface area contributed by atoms with E-state index in [0.29, 0.717) is 23.1 Å². The summed E-state index contributed by atoms with van der Waals surface area (Å²) in [4.78, 5) is 18.3. The summed E-state index contributed by atoms with van der Waals surface area (Å²) in [7, 11) is 0. The third kappa shape index (κ3) is 3.93. The molecule has 0 spiro atoms. The van der Waals surface area contributed by atoms with Gasteiger partial charge in [-0.1, -0.05) is 36.4 Å². The fourth-order valence-electron chi connectivity index (χ4n) is 3.49. The standard InChI is InChI=1S/C24H18FN3O2S/c25-19-14-20-18(23(27-26-20)22-13-17-8-4-5-9-21(17)31-22)12-16(19)10-11-30-28-24(29)15-6-2-1-3-7-15/h1-9,12-14H,10-11H2,(H,26,27)(H,28,29). The Morgan fingerprint density at radius 3 is 2.71 bits per heavy atom. The number of rotatable bonds is 6. The van der Waals surface area contributed by atoms with Crippen LogP contribution in [0.5, 0.6) is 0 Å². The van der Waals surface area contributed by atoms with E-state index < -0.39 is 0 Å². The highest BCUT2D eigenvalue weighted by Gasteiger charge is 2.15. The average molecular weight is 431 g/mol. The summed E-state index contributed by atoms with van der Waals surface area (Å²) in [5.41, 5.74) is 4.85. The van der Waals surface area contributed by atoms with E-state index in [1.807, 2.05) is 18.2 Å². The molecule has 0 atom stereocenters. The monoisotopic (exact) mass is 431 g/mol. The summed E-state index contributed by atoms with van der Waals surface area (Å²) in [5.74, 6) is -0.671. The van der Waals surface area contributed by atoms with E-state index in [2.05, 4.69) is 33.9 Å². The zero-order valence-corrected chi connectivity index (χ0v) is 17.2. The van der Waals surface area contributed by atoms with Crippen LogP contribution in [0.25, 0.3) is 31.6 Å². The molecule has 0 radical (unpaired) electrons. The molecule has 2 heterocycles. The zero-order chi connectivity index (χ0) is 21.2. The molecule has 2 N–H and O–H groups in total. The molecule has 31 heavy (non-hydrogen) atoms. The lowest BCUT2D eigenvalue weighted by atomic mass is 10.1. The second-order valence-electron chi connectivity index (χ2n) is 7.11. The van der Waals surface area contributed by atoms with Crippen molar-refractivity contribution in [3.8, 4) is 10.6 Å². The first-order chi connectivity index (χ1) is 15.2. The highest BCUT2D eigenvalue weighted by atomic mass is 32.1. The van der Waals surface area contributed by atoms with Gasteiger partial charge in [-0.25, -0.2) is 9.87 Å². The Bertz CT molecular complexity index is 1340. The molecule has 5 nitrogen and oxygen atoms in total. The molecule has 2 aromatic heterocycles. The van der Waals surface area contributed by atoms with Crippen molar-refractivity contribution in [2.45, 2.75) is 6.42 Å². The molecule has 0 aliphatic heterocycles. The van der Waals surface area contributed by atoms with Crippen LogP contribution in [-0.4, -0.2) is 22.7 Å². The van der Waals surface area contributed by atoms with Gasteiger partial charge in [0, 0.05) is 22.1 Å². The first kappa shape index (κ1) is 19.4. The smallest absolute Gasteiger partial charge is 0.274 e. The van der Waals surface area contributed by atoms with Crippen molar-refractivity contribution in [2.75, 3.05) is 6.61 Å². The van der Waals surface area contributed by atoms with Crippen LogP contribution in [0.15, 0.2) is 72.8 Å². The largest absolute Gasteiger partial charge is 0.277 e. The SMILES string of the molecule is O=C(NOCCc1cc2c(-c3cc4ccccc4s3)n[nH]c2cc1F)c1ccccc1. The number of thiophene rings is 1. The normalized spacial score (nSPS) is 11.3. The van der Waals surface area contributed by atoms with Crippen LogP contribution < -0.4 is 5.48 Å². The maximum atomic E-state index is 14.6. The second-order valence-corrected chi connectivity index (χ2v) is 8.19. The Hall–Kier alpha value is -3.55. The molecule has 5 rings (SSSR count). The molecule has 154 valence electrons. The highest BCUT2D eigenvalue weighted by Crippen LogP contribution is 2.36. The number of fused-ring (bicyclic) bond motifs is 2. The summed E-state index contributed by atoms with van der Waals surface area (Å²) < 4.78 is 15.7. The molecule has 0 unspecified atom stereocenters. The van der Waals surface area contributed by atoms with Crippen molar-refractivity contribution in [1.82, 2.24) is 15.7 Å².